The topological polar surface area (TPSA) is 49.3 Å². The van der Waals surface area contributed by atoms with E-state index in [0.29, 0.717) is 18.9 Å². The van der Waals surface area contributed by atoms with Crippen LogP contribution in [-0.2, 0) is 4.79 Å². The van der Waals surface area contributed by atoms with Crippen LogP contribution in [0.25, 0.3) is 10.8 Å². The number of aliphatic hydroxyl groups excluding tert-OH is 1. The molecular formula is C18H21NO2. The van der Waals surface area contributed by atoms with E-state index in [0.717, 1.165) is 6.42 Å². The predicted molar refractivity (Wildman–Crippen MR) is 84.1 cm³/mol. The minimum Gasteiger partial charge on any atom is -0.393 e. The summed E-state index contributed by atoms with van der Waals surface area (Å²) in [4.78, 5) is 12.1. The Kier molecular flexibility index (Phi) is 3.93. The van der Waals surface area contributed by atoms with Crippen LogP contribution in [0.1, 0.15) is 31.2 Å². The standard InChI is InChI=1S/C18H21NO2/c1-12(20)9-10-19-18(21)17-11-16(17)15-8-4-6-13-5-2-3-7-14(13)15/h2-8,12,16-17,20H,9-11H2,1H3,(H,19,21). The molecule has 1 aliphatic carbocycles. The van der Waals surface area contributed by atoms with E-state index in [1.165, 1.54) is 16.3 Å². The lowest BCUT2D eigenvalue weighted by Crippen LogP contribution is -2.28. The molecule has 1 aliphatic rings. The molecule has 0 bridgehead atoms. The molecule has 21 heavy (non-hydrogen) atoms. The molecule has 3 heteroatoms. The van der Waals surface area contributed by atoms with Gasteiger partial charge >= 0.3 is 0 Å². The molecule has 0 spiro atoms. The van der Waals surface area contributed by atoms with Gasteiger partial charge in [-0.25, -0.2) is 0 Å². The molecule has 0 heterocycles. The molecule has 2 aromatic rings. The summed E-state index contributed by atoms with van der Waals surface area (Å²) in [5.41, 5.74) is 1.28. The second-order valence-corrected chi connectivity index (χ2v) is 5.95. The van der Waals surface area contributed by atoms with Crippen LogP contribution in [-0.4, -0.2) is 23.7 Å². The van der Waals surface area contributed by atoms with Gasteiger partial charge in [-0.05, 0) is 42.0 Å². The maximum atomic E-state index is 12.1. The fourth-order valence-corrected chi connectivity index (χ4v) is 2.94. The Morgan fingerprint density at radius 3 is 2.86 bits per heavy atom. The summed E-state index contributed by atoms with van der Waals surface area (Å²) >= 11 is 0. The molecule has 0 aliphatic heterocycles. The van der Waals surface area contributed by atoms with Crippen LogP contribution in [0, 0.1) is 5.92 Å². The van der Waals surface area contributed by atoms with Crippen molar-refractivity contribution in [1.29, 1.82) is 0 Å². The second kappa shape index (κ2) is 5.86. The van der Waals surface area contributed by atoms with E-state index < -0.39 is 0 Å². The highest BCUT2D eigenvalue weighted by atomic mass is 16.3. The SMILES string of the molecule is CC(O)CCNC(=O)C1CC1c1cccc2ccccc12. The normalized spacial score (nSPS) is 22.0. The molecule has 3 unspecified atom stereocenters. The maximum Gasteiger partial charge on any atom is 0.223 e. The zero-order valence-electron chi connectivity index (χ0n) is 12.3. The molecule has 1 saturated carbocycles. The van der Waals surface area contributed by atoms with Crippen LogP contribution >= 0.6 is 0 Å². The highest BCUT2D eigenvalue weighted by Crippen LogP contribution is 2.49. The third kappa shape index (κ3) is 3.08. The number of fused-ring (bicyclic) bond motifs is 1. The number of rotatable bonds is 5. The molecule has 110 valence electrons. The number of carbonyl (C=O) groups is 1. The number of nitrogens with one attached hydrogen (secondary N) is 1. The summed E-state index contributed by atoms with van der Waals surface area (Å²) in [7, 11) is 0. The molecule has 3 rings (SSSR count). The van der Waals surface area contributed by atoms with Crippen LogP contribution in [0.3, 0.4) is 0 Å². The average Bonchev–Trinajstić information content (AvgIpc) is 3.26. The van der Waals surface area contributed by atoms with Crippen molar-refractivity contribution in [3.8, 4) is 0 Å². The largest absolute Gasteiger partial charge is 0.393 e. The van der Waals surface area contributed by atoms with Crippen molar-refractivity contribution in [2.75, 3.05) is 6.54 Å². The van der Waals surface area contributed by atoms with Crippen molar-refractivity contribution in [3.63, 3.8) is 0 Å². The van der Waals surface area contributed by atoms with Crippen LogP contribution in [0.15, 0.2) is 42.5 Å². The number of aliphatic hydroxyl groups is 1. The summed E-state index contributed by atoms with van der Waals surface area (Å²) in [5.74, 6) is 0.543. The summed E-state index contributed by atoms with van der Waals surface area (Å²) in [6, 6.07) is 14.6. The van der Waals surface area contributed by atoms with Gasteiger partial charge in [-0.2, -0.15) is 0 Å². The predicted octanol–water partition coefficient (Wildman–Crippen LogP) is 2.83. The molecule has 1 amide bonds. The van der Waals surface area contributed by atoms with E-state index in [4.69, 9.17) is 0 Å². The first-order chi connectivity index (χ1) is 10.2. The summed E-state index contributed by atoms with van der Waals surface area (Å²) in [5, 5.41) is 14.6. The number of carbonyl (C=O) groups excluding carboxylic acids is 1. The van der Waals surface area contributed by atoms with Gasteiger partial charge in [0.15, 0.2) is 0 Å². The van der Waals surface area contributed by atoms with E-state index in [2.05, 4.69) is 35.6 Å². The Labute approximate surface area is 125 Å². The number of amides is 1. The van der Waals surface area contributed by atoms with E-state index >= 15 is 0 Å². The van der Waals surface area contributed by atoms with Crippen molar-refractivity contribution in [3.05, 3.63) is 48.0 Å². The lowest BCUT2D eigenvalue weighted by molar-refractivity contribution is -0.122. The van der Waals surface area contributed by atoms with Gasteiger partial charge in [0.1, 0.15) is 0 Å². The third-order valence-electron chi connectivity index (χ3n) is 4.21. The highest BCUT2D eigenvalue weighted by Gasteiger charge is 2.44. The van der Waals surface area contributed by atoms with Gasteiger partial charge in [0.05, 0.1) is 6.10 Å². The monoisotopic (exact) mass is 283 g/mol. The first-order valence-electron chi connectivity index (χ1n) is 7.60. The molecule has 3 nitrogen and oxygen atoms in total. The smallest absolute Gasteiger partial charge is 0.223 e. The molecule has 2 N–H and O–H groups in total. The van der Waals surface area contributed by atoms with Gasteiger partial charge in [0, 0.05) is 12.5 Å². The van der Waals surface area contributed by atoms with E-state index in [1.54, 1.807) is 6.92 Å². The average molecular weight is 283 g/mol. The lowest BCUT2D eigenvalue weighted by atomic mass is 10.00. The van der Waals surface area contributed by atoms with E-state index in [9.17, 15) is 9.90 Å². The Bertz CT molecular complexity index is 645. The van der Waals surface area contributed by atoms with Gasteiger partial charge < -0.3 is 10.4 Å². The Morgan fingerprint density at radius 2 is 2.05 bits per heavy atom. The molecule has 1 fully saturated rings. The van der Waals surface area contributed by atoms with Gasteiger partial charge in [0.2, 0.25) is 5.91 Å². The van der Waals surface area contributed by atoms with E-state index in [-0.39, 0.29) is 17.9 Å². The van der Waals surface area contributed by atoms with Crippen molar-refractivity contribution in [2.24, 2.45) is 5.92 Å². The number of benzene rings is 2. The van der Waals surface area contributed by atoms with Gasteiger partial charge in [0.25, 0.3) is 0 Å². The summed E-state index contributed by atoms with van der Waals surface area (Å²) in [6.45, 7) is 2.29. The zero-order valence-corrected chi connectivity index (χ0v) is 12.3. The molecule has 0 aromatic heterocycles. The fourth-order valence-electron chi connectivity index (χ4n) is 2.94. The van der Waals surface area contributed by atoms with E-state index in [1.807, 2.05) is 12.1 Å². The summed E-state index contributed by atoms with van der Waals surface area (Å²) < 4.78 is 0. The number of hydrogen-bond donors (Lipinski definition) is 2. The van der Waals surface area contributed by atoms with Crippen molar-refractivity contribution in [2.45, 2.75) is 31.8 Å². The minimum absolute atomic E-state index is 0.0878. The lowest BCUT2D eigenvalue weighted by Gasteiger charge is -2.08. The molecule has 0 radical (unpaired) electrons. The molecule has 0 saturated heterocycles. The second-order valence-electron chi connectivity index (χ2n) is 5.95. The molecule has 2 aromatic carbocycles. The Hall–Kier alpha value is -1.87. The van der Waals surface area contributed by atoms with Crippen molar-refractivity contribution < 1.29 is 9.90 Å². The Balaban J connectivity index is 1.68. The minimum atomic E-state index is -0.363. The first-order valence-corrected chi connectivity index (χ1v) is 7.60. The zero-order chi connectivity index (χ0) is 14.8. The Morgan fingerprint density at radius 1 is 1.29 bits per heavy atom. The van der Waals surface area contributed by atoms with Crippen LogP contribution in [0.4, 0.5) is 0 Å². The third-order valence-corrected chi connectivity index (χ3v) is 4.21. The van der Waals surface area contributed by atoms with Crippen LogP contribution in [0.2, 0.25) is 0 Å². The van der Waals surface area contributed by atoms with Gasteiger partial charge in [-0.3, -0.25) is 4.79 Å². The number of hydrogen-bond acceptors (Lipinski definition) is 2. The summed E-state index contributed by atoms with van der Waals surface area (Å²) in [6.07, 6.45) is 1.17. The first kappa shape index (κ1) is 14.1. The van der Waals surface area contributed by atoms with Gasteiger partial charge in [-0.1, -0.05) is 42.5 Å². The van der Waals surface area contributed by atoms with Crippen LogP contribution in [0.5, 0.6) is 0 Å². The maximum absolute atomic E-state index is 12.1. The highest BCUT2D eigenvalue weighted by molar-refractivity contribution is 5.89. The van der Waals surface area contributed by atoms with Crippen LogP contribution < -0.4 is 5.32 Å². The fraction of sp³-hybridized carbons (Fsp3) is 0.389. The van der Waals surface area contributed by atoms with Crippen molar-refractivity contribution >= 4 is 16.7 Å². The quantitative estimate of drug-likeness (QED) is 0.886. The molecule has 3 atom stereocenters. The molecular weight excluding hydrogens is 262 g/mol. The van der Waals surface area contributed by atoms with Gasteiger partial charge in [-0.15, -0.1) is 0 Å². The van der Waals surface area contributed by atoms with Crippen molar-refractivity contribution in [1.82, 2.24) is 5.32 Å².